The van der Waals surface area contributed by atoms with Crippen molar-refractivity contribution >= 4 is 17.3 Å². The van der Waals surface area contributed by atoms with Crippen molar-refractivity contribution in [1.29, 1.82) is 0 Å². The number of likely N-dealkylation sites (tertiary alicyclic amines) is 1. The summed E-state index contributed by atoms with van der Waals surface area (Å²) in [6.07, 6.45) is 2.46. The van der Waals surface area contributed by atoms with Gasteiger partial charge in [0.1, 0.15) is 0 Å². The van der Waals surface area contributed by atoms with E-state index in [4.69, 9.17) is 0 Å². The molecule has 22 heavy (non-hydrogen) atoms. The van der Waals surface area contributed by atoms with Crippen LogP contribution in [0.2, 0.25) is 0 Å². The number of nitrogens with one attached hydrogen (secondary N) is 2. The van der Waals surface area contributed by atoms with Crippen molar-refractivity contribution in [3.63, 3.8) is 0 Å². The summed E-state index contributed by atoms with van der Waals surface area (Å²) in [7, 11) is 0. The fourth-order valence-corrected chi connectivity index (χ4v) is 2.42. The second-order valence-electron chi connectivity index (χ2n) is 5.16. The van der Waals surface area contributed by atoms with Gasteiger partial charge in [0.15, 0.2) is 5.96 Å². The molecule has 0 spiro atoms. The summed E-state index contributed by atoms with van der Waals surface area (Å²) in [6, 6.07) is 6.43. The van der Waals surface area contributed by atoms with Crippen molar-refractivity contribution in [3.05, 3.63) is 34.4 Å². The molecule has 0 atom stereocenters. The molecule has 7 nitrogen and oxygen atoms in total. The number of rotatable bonds is 6. The number of nitro benzene ring substituents is 1. The van der Waals surface area contributed by atoms with Gasteiger partial charge in [0.05, 0.1) is 11.5 Å². The molecule has 0 unspecified atom stereocenters. The van der Waals surface area contributed by atoms with Gasteiger partial charge in [0.25, 0.3) is 5.69 Å². The minimum atomic E-state index is -0.396. The molecule has 120 valence electrons. The number of aliphatic imine (C=N–C) groups is 1. The molecule has 0 radical (unpaired) electrons. The molecular weight excluding hydrogens is 282 g/mol. The number of non-ortho nitro benzene ring substituents is 1. The highest BCUT2D eigenvalue weighted by molar-refractivity contribution is 5.80. The van der Waals surface area contributed by atoms with Gasteiger partial charge in [-0.15, -0.1) is 0 Å². The lowest BCUT2D eigenvalue weighted by Gasteiger charge is -2.20. The average Bonchev–Trinajstić information content (AvgIpc) is 3.05. The van der Waals surface area contributed by atoms with Gasteiger partial charge >= 0.3 is 0 Å². The van der Waals surface area contributed by atoms with Crippen LogP contribution < -0.4 is 10.6 Å². The first-order valence-corrected chi connectivity index (χ1v) is 7.72. The summed E-state index contributed by atoms with van der Waals surface area (Å²) in [6.45, 7) is 6.44. The van der Waals surface area contributed by atoms with Crippen LogP contribution in [0.4, 0.5) is 11.4 Å². The number of anilines is 1. The van der Waals surface area contributed by atoms with E-state index in [9.17, 15) is 10.1 Å². The van der Waals surface area contributed by atoms with Gasteiger partial charge in [-0.1, -0.05) is 0 Å². The highest BCUT2D eigenvalue weighted by atomic mass is 16.6. The van der Waals surface area contributed by atoms with E-state index in [1.807, 2.05) is 0 Å². The Labute approximate surface area is 130 Å². The molecule has 2 N–H and O–H groups in total. The molecular formula is C15H23N5O2. The number of guanidine groups is 1. The SMILES string of the molecule is CCNC(=NCCNc1ccc([N+](=O)[O-])cc1)N1CCCC1. The maximum absolute atomic E-state index is 10.6. The second-order valence-corrected chi connectivity index (χ2v) is 5.16. The van der Waals surface area contributed by atoms with Crippen molar-refractivity contribution in [2.75, 3.05) is 38.0 Å². The van der Waals surface area contributed by atoms with Crippen LogP contribution in [0.5, 0.6) is 0 Å². The van der Waals surface area contributed by atoms with E-state index in [2.05, 4.69) is 27.4 Å². The smallest absolute Gasteiger partial charge is 0.269 e. The monoisotopic (exact) mass is 305 g/mol. The minimum absolute atomic E-state index is 0.104. The molecule has 0 aromatic heterocycles. The zero-order chi connectivity index (χ0) is 15.8. The maximum atomic E-state index is 10.6. The lowest BCUT2D eigenvalue weighted by Crippen LogP contribution is -2.39. The molecule has 1 heterocycles. The molecule has 0 aliphatic carbocycles. The predicted molar refractivity (Wildman–Crippen MR) is 88.4 cm³/mol. The topological polar surface area (TPSA) is 82.8 Å². The van der Waals surface area contributed by atoms with Gasteiger partial charge in [-0.3, -0.25) is 15.1 Å². The lowest BCUT2D eigenvalue weighted by atomic mass is 10.3. The molecule has 1 aliphatic rings. The van der Waals surface area contributed by atoms with Crippen molar-refractivity contribution in [3.8, 4) is 0 Å². The Morgan fingerprint density at radius 1 is 1.32 bits per heavy atom. The van der Waals surface area contributed by atoms with E-state index in [1.54, 1.807) is 12.1 Å². The van der Waals surface area contributed by atoms with Crippen LogP contribution in [-0.2, 0) is 0 Å². The molecule has 0 bridgehead atoms. The summed E-state index contributed by atoms with van der Waals surface area (Å²) in [5, 5.41) is 17.1. The van der Waals surface area contributed by atoms with Gasteiger partial charge in [-0.05, 0) is 31.9 Å². The summed E-state index contributed by atoms with van der Waals surface area (Å²) >= 11 is 0. The fraction of sp³-hybridized carbons (Fsp3) is 0.533. The average molecular weight is 305 g/mol. The first-order chi connectivity index (χ1) is 10.7. The third-order valence-electron chi connectivity index (χ3n) is 3.52. The standard InChI is InChI=1S/C15H23N5O2/c1-2-16-15(19-11-3-4-12-19)18-10-9-17-13-5-7-14(8-6-13)20(21)22/h5-8,17H,2-4,9-12H2,1H3,(H,16,18). The number of hydrogen-bond acceptors (Lipinski definition) is 4. The van der Waals surface area contributed by atoms with Gasteiger partial charge in [0.2, 0.25) is 0 Å². The van der Waals surface area contributed by atoms with Crippen LogP contribution in [0, 0.1) is 10.1 Å². The number of nitrogens with zero attached hydrogens (tertiary/aromatic N) is 3. The summed E-state index contributed by atoms with van der Waals surface area (Å²) in [5.41, 5.74) is 0.971. The first kappa shape index (κ1) is 16.1. The summed E-state index contributed by atoms with van der Waals surface area (Å²) in [4.78, 5) is 17.1. The van der Waals surface area contributed by atoms with Crippen LogP contribution in [0.25, 0.3) is 0 Å². The second kappa shape index (κ2) is 8.21. The molecule has 1 saturated heterocycles. The zero-order valence-electron chi connectivity index (χ0n) is 12.9. The highest BCUT2D eigenvalue weighted by Crippen LogP contribution is 2.15. The van der Waals surface area contributed by atoms with Crippen LogP contribution in [0.3, 0.4) is 0 Å². The first-order valence-electron chi connectivity index (χ1n) is 7.72. The quantitative estimate of drug-likeness (QED) is 0.276. The predicted octanol–water partition coefficient (Wildman–Crippen LogP) is 2.07. The number of nitro groups is 1. The van der Waals surface area contributed by atoms with Crippen LogP contribution in [0.1, 0.15) is 19.8 Å². The fourth-order valence-electron chi connectivity index (χ4n) is 2.42. The van der Waals surface area contributed by atoms with Crippen LogP contribution in [0.15, 0.2) is 29.3 Å². The maximum Gasteiger partial charge on any atom is 0.269 e. The normalized spacial score (nSPS) is 15.0. The number of hydrogen-bond donors (Lipinski definition) is 2. The van der Waals surface area contributed by atoms with E-state index >= 15 is 0 Å². The van der Waals surface area contributed by atoms with Crippen molar-refractivity contribution < 1.29 is 4.92 Å². The van der Waals surface area contributed by atoms with E-state index in [1.165, 1.54) is 25.0 Å². The lowest BCUT2D eigenvalue weighted by molar-refractivity contribution is -0.384. The van der Waals surface area contributed by atoms with Crippen molar-refractivity contribution in [2.45, 2.75) is 19.8 Å². The van der Waals surface area contributed by atoms with Gasteiger partial charge in [-0.2, -0.15) is 0 Å². The van der Waals surface area contributed by atoms with Gasteiger partial charge in [0, 0.05) is 44.0 Å². The van der Waals surface area contributed by atoms with Crippen LogP contribution >= 0.6 is 0 Å². The molecule has 1 fully saturated rings. The van der Waals surface area contributed by atoms with E-state index in [0.717, 1.165) is 31.3 Å². The Kier molecular flexibility index (Phi) is 6.00. The van der Waals surface area contributed by atoms with E-state index in [-0.39, 0.29) is 5.69 Å². The third kappa shape index (κ3) is 4.61. The molecule has 1 aromatic rings. The van der Waals surface area contributed by atoms with Crippen molar-refractivity contribution in [2.24, 2.45) is 4.99 Å². The molecule has 7 heteroatoms. The Balaban J connectivity index is 1.81. The van der Waals surface area contributed by atoms with Crippen molar-refractivity contribution in [1.82, 2.24) is 10.2 Å². The third-order valence-corrected chi connectivity index (χ3v) is 3.52. The zero-order valence-corrected chi connectivity index (χ0v) is 12.9. The van der Waals surface area contributed by atoms with Gasteiger partial charge in [-0.25, -0.2) is 0 Å². The molecule has 0 amide bonds. The Hall–Kier alpha value is -2.31. The Morgan fingerprint density at radius 3 is 2.59 bits per heavy atom. The van der Waals surface area contributed by atoms with Crippen LogP contribution in [-0.4, -0.2) is 48.5 Å². The minimum Gasteiger partial charge on any atom is -0.383 e. The van der Waals surface area contributed by atoms with E-state index < -0.39 is 4.92 Å². The molecule has 2 rings (SSSR count). The Bertz CT molecular complexity index is 509. The number of benzene rings is 1. The Morgan fingerprint density at radius 2 is 2.00 bits per heavy atom. The molecule has 1 aromatic carbocycles. The van der Waals surface area contributed by atoms with E-state index in [0.29, 0.717) is 13.1 Å². The van der Waals surface area contributed by atoms with Gasteiger partial charge < -0.3 is 15.5 Å². The summed E-state index contributed by atoms with van der Waals surface area (Å²) < 4.78 is 0. The molecule has 0 saturated carbocycles. The highest BCUT2D eigenvalue weighted by Gasteiger charge is 2.15. The summed E-state index contributed by atoms with van der Waals surface area (Å²) in [5.74, 6) is 0.977. The molecule has 1 aliphatic heterocycles. The largest absolute Gasteiger partial charge is 0.383 e.